The largest absolute Gasteiger partial charge is 0.244 e. The number of aromatic nitrogens is 1. The average Bonchev–Trinajstić information content (AvgIpc) is 1.94. The van der Waals surface area contributed by atoms with Gasteiger partial charge in [-0.1, -0.05) is 25.4 Å². The minimum absolute atomic E-state index is 0.375. The molecule has 0 unspecified atom stereocenters. The molecule has 1 aromatic heterocycles. The third-order valence-corrected chi connectivity index (χ3v) is 2.15. The van der Waals surface area contributed by atoms with Crippen LogP contribution in [0.1, 0.15) is 25.5 Å². The summed E-state index contributed by atoms with van der Waals surface area (Å²) in [4.78, 5) is 4.26. The third kappa shape index (κ3) is 2.17. The average molecular weight is 235 g/mol. The van der Waals surface area contributed by atoms with Gasteiger partial charge < -0.3 is 0 Å². The summed E-state index contributed by atoms with van der Waals surface area (Å²) in [6, 6.07) is 3.70. The number of hydrogen-bond donors (Lipinski definition) is 0. The van der Waals surface area contributed by atoms with E-state index in [0.717, 1.165) is 15.3 Å². The highest BCUT2D eigenvalue weighted by Crippen LogP contribution is 2.23. The summed E-state index contributed by atoms with van der Waals surface area (Å²) >= 11 is 9.20. The van der Waals surface area contributed by atoms with Crippen LogP contribution in [0.25, 0.3) is 0 Å². The lowest BCUT2D eigenvalue weighted by Crippen LogP contribution is -1.93. The van der Waals surface area contributed by atoms with Gasteiger partial charge in [-0.15, -0.1) is 0 Å². The molecule has 1 nitrogen and oxygen atoms in total. The fourth-order valence-electron chi connectivity index (χ4n) is 0.838. The Kier molecular flexibility index (Phi) is 2.90. The first-order chi connectivity index (χ1) is 5.11. The van der Waals surface area contributed by atoms with E-state index in [0.29, 0.717) is 5.92 Å². The van der Waals surface area contributed by atoms with Crippen LogP contribution >= 0.6 is 27.5 Å². The van der Waals surface area contributed by atoms with Crippen LogP contribution < -0.4 is 0 Å². The van der Waals surface area contributed by atoms with E-state index in [2.05, 4.69) is 34.8 Å². The van der Waals surface area contributed by atoms with Crippen LogP contribution in [0.15, 0.2) is 16.7 Å². The van der Waals surface area contributed by atoms with E-state index in [1.807, 2.05) is 12.1 Å². The molecule has 0 atom stereocenters. The van der Waals surface area contributed by atoms with Gasteiger partial charge in [-0.25, -0.2) is 4.98 Å². The molecule has 0 N–H and O–H groups in total. The second kappa shape index (κ2) is 3.55. The smallest absolute Gasteiger partial charge is 0.106 e. The van der Waals surface area contributed by atoms with Crippen LogP contribution in [0.5, 0.6) is 0 Å². The van der Waals surface area contributed by atoms with Gasteiger partial charge >= 0.3 is 0 Å². The lowest BCUT2D eigenvalue weighted by molar-refractivity contribution is 0.819. The number of halogens is 2. The Morgan fingerprint density at radius 3 is 2.55 bits per heavy atom. The Hall–Kier alpha value is -0.0800. The van der Waals surface area contributed by atoms with Crippen LogP contribution in [-0.4, -0.2) is 4.98 Å². The van der Waals surface area contributed by atoms with E-state index in [1.165, 1.54) is 0 Å². The molecular weight excluding hydrogens is 225 g/mol. The number of nitrogens with zero attached hydrogens (tertiary/aromatic N) is 1. The van der Waals surface area contributed by atoms with Crippen molar-refractivity contribution in [2.45, 2.75) is 19.8 Å². The van der Waals surface area contributed by atoms with Crippen molar-refractivity contribution < 1.29 is 0 Å². The molecule has 0 bridgehead atoms. The molecule has 0 amide bonds. The molecule has 1 aromatic rings. The summed E-state index contributed by atoms with van der Waals surface area (Å²) in [7, 11) is 0. The molecule has 0 fully saturated rings. The molecule has 0 saturated heterocycles. The molecule has 0 radical (unpaired) electrons. The van der Waals surface area contributed by atoms with E-state index in [1.54, 1.807) is 0 Å². The van der Waals surface area contributed by atoms with Crippen LogP contribution in [0.4, 0.5) is 0 Å². The van der Waals surface area contributed by atoms with Gasteiger partial charge in [0, 0.05) is 0 Å². The number of hydrogen-bond acceptors (Lipinski definition) is 1. The summed E-state index contributed by atoms with van der Waals surface area (Å²) < 4.78 is 0.839. The Morgan fingerprint density at radius 2 is 2.09 bits per heavy atom. The topological polar surface area (TPSA) is 12.9 Å². The van der Waals surface area contributed by atoms with Crippen LogP contribution in [0.3, 0.4) is 0 Å². The van der Waals surface area contributed by atoms with Gasteiger partial charge in [0.2, 0.25) is 0 Å². The highest BCUT2D eigenvalue weighted by molar-refractivity contribution is 9.10. The third-order valence-electron chi connectivity index (χ3n) is 1.39. The Morgan fingerprint density at radius 1 is 1.45 bits per heavy atom. The molecule has 1 heterocycles. The summed E-state index contributed by atoms with van der Waals surface area (Å²) in [6.45, 7) is 4.14. The predicted molar refractivity (Wildman–Crippen MR) is 51.0 cm³/mol. The van der Waals surface area contributed by atoms with E-state index in [-0.39, 0.29) is 0 Å². The van der Waals surface area contributed by atoms with Crippen molar-refractivity contribution in [3.8, 4) is 0 Å². The maximum Gasteiger partial charge on any atom is 0.106 e. The summed E-state index contributed by atoms with van der Waals surface area (Å²) in [5, 5.41) is 0.739. The van der Waals surface area contributed by atoms with E-state index >= 15 is 0 Å². The Balaban J connectivity index is 3.13. The maximum absolute atomic E-state index is 5.91. The van der Waals surface area contributed by atoms with Crippen LogP contribution in [0, 0.1) is 0 Å². The van der Waals surface area contributed by atoms with Crippen molar-refractivity contribution in [1.82, 2.24) is 4.98 Å². The molecule has 0 aliphatic carbocycles. The van der Waals surface area contributed by atoms with E-state index in [9.17, 15) is 0 Å². The van der Waals surface area contributed by atoms with E-state index < -0.39 is 0 Å². The van der Waals surface area contributed by atoms with Gasteiger partial charge in [0.25, 0.3) is 0 Å². The molecule has 0 spiro atoms. The van der Waals surface area contributed by atoms with Gasteiger partial charge in [-0.2, -0.15) is 0 Å². The lowest BCUT2D eigenvalue weighted by atomic mass is 10.1. The summed E-state index contributed by atoms with van der Waals surface area (Å²) in [5.41, 5.74) is 0.945. The second-order valence-corrected chi connectivity index (χ2v) is 3.88. The van der Waals surface area contributed by atoms with Gasteiger partial charge in [-0.3, -0.25) is 0 Å². The Bertz CT molecular complexity index is 260. The molecule has 0 aliphatic heterocycles. The minimum Gasteiger partial charge on any atom is -0.244 e. The van der Waals surface area contributed by atoms with Gasteiger partial charge in [0.1, 0.15) is 4.60 Å². The van der Waals surface area contributed by atoms with Crippen LogP contribution in [0.2, 0.25) is 5.02 Å². The standard InChI is InChI=1S/C8H9BrClN/c1-5(2)8-6(10)3-4-7(9)11-8/h3-5H,1-2H3. The molecule has 1 rings (SSSR count). The highest BCUT2D eigenvalue weighted by Gasteiger charge is 2.06. The predicted octanol–water partition coefficient (Wildman–Crippen LogP) is 3.62. The van der Waals surface area contributed by atoms with Gasteiger partial charge in [-0.05, 0) is 34.0 Å². The Labute approximate surface area is 79.9 Å². The zero-order valence-corrected chi connectivity index (χ0v) is 8.78. The monoisotopic (exact) mass is 233 g/mol. The summed E-state index contributed by atoms with van der Waals surface area (Å²) in [6.07, 6.45) is 0. The fourth-order valence-corrected chi connectivity index (χ4v) is 1.48. The summed E-state index contributed by atoms with van der Waals surface area (Å²) in [5.74, 6) is 0.375. The molecule has 0 saturated carbocycles. The first-order valence-electron chi connectivity index (χ1n) is 3.43. The molecule has 3 heteroatoms. The zero-order valence-electron chi connectivity index (χ0n) is 6.44. The zero-order chi connectivity index (χ0) is 8.43. The van der Waals surface area contributed by atoms with E-state index in [4.69, 9.17) is 11.6 Å². The van der Waals surface area contributed by atoms with Crippen LogP contribution in [-0.2, 0) is 0 Å². The SMILES string of the molecule is CC(C)c1nc(Br)ccc1Cl. The quantitative estimate of drug-likeness (QED) is 0.676. The number of pyridine rings is 1. The maximum atomic E-state index is 5.91. The van der Waals surface area contributed by atoms with Crippen molar-refractivity contribution >= 4 is 27.5 Å². The molecule has 60 valence electrons. The van der Waals surface area contributed by atoms with Crippen molar-refractivity contribution in [3.63, 3.8) is 0 Å². The van der Waals surface area contributed by atoms with Gasteiger partial charge in [0.15, 0.2) is 0 Å². The number of rotatable bonds is 1. The molecule has 0 aliphatic rings. The minimum atomic E-state index is 0.375. The molecule has 11 heavy (non-hydrogen) atoms. The van der Waals surface area contributed by atoms with Gasteiger partial charge in [0.05, 0.1) is 10.7 Å². The first kappa shape index (κ1) is 9.01. The second-order valence-electron chi connectivity index (χ2n) is 2.66. The van der Waals surface area contributed by atoms with Crippen molar-refractivity contribution in [2.75, 3.05) is 0 Å². The highest BCUT2D eigenvalue weighted by atomic mass is 79.9. The molecule has 0 aromatic carbocycles. The van der Waals surface area contributed by atoms with Crippen molar-refractivity contribution in [2.24, 2.45) is 0 Å². The first-order valence-corrected chi connectivity index (χ1v) is 4.60. The fraction of sp³-hybridized carbons (Fsp3) is 0.375. The molecular formula is C8H9BrClN. The normalized spacial score (nSPS) is 10.6. The lowest BCUT2D eigenvalue weighted by Gasteiger charge is -2.05. The van der Waals surface area contributed by atoms with Crippen molar-refractivity contribution in [3.05, 3.63) is 27.5 Å². The van der Waals surface area contributed by atoms with Crippen molar-refractivity contribution in [1.29, 1.82) is 0 Å².